The number of unbranched alkanes of at least 4 members (excludes halogenated alkanes) is 2. The minimum absolute atomic E-state index is 0.0186. The van der Waals surface area contributed by atoms with Crippen LogP contribution in [0.1, 0.15) is 72.8 Å². The number of ether oxygens (including phenoxy) is 1. The Bertz CT molecular complexity index is 1220. The molecule has 7 heteroatoms. The van der Waals surface area contributed by atoms with Crippen LogP contribution >= 0.6 is 15.9 Å². The molecule has 0 fully saturated rings. The van der Waals surface area contributed by atoms with Gasteiger partial charge in [-0.15, -0.1) is 10.2 Å². The Balaban J connectivity index is 1.69. The Kier molecular flexibility index (Phi) is 8.98. The lowest BCUT2D eigenvalue weighted by molar-refractivity contribution is -0.120. The molecule has 0 aliphatic carbocycles. The Labute approximate surface area is 222 Å². The lowest BCUT2D eigenvalue weighted by atomic mass is 9.72. The number of hydrogen-bond acceptors (Lipinski definition) is 4. The molecule has 0 saturated heterocycles. The molecule has 0 bridgehead atoms. The molecule has 3 aromatic rings. The summed E-state index contributed by atoms with van der Waals surface area (Å²) in [5, 5.41) is 19.5. The number of fused-ring (bicyclic) bond motifs is 1. The van der Waals surface area contributed by atoms with Crippen LogP contribution in [0, 0.1) is 5.41 Å². The maximum atomic E-state index is 12.4. The second-order valence-corrected chi connectivity index (χ2v) is 12.1. The molecule has 1 heterocycles. The lowest BCUT2D eigenvalue weighted by Gasteiger charge is -2.33. The van der Waals surface area contributed by atoms with Crippen LogP contribution in [-0.4, -0.2) is 22.2 Å². The number of halogens is 1. The molecule has 0 aliphatic rings. The van der Waals surface area contributed by atoms with Gasteiger partial charge in [0.15, 0.2) is 12.3 Å². The summed E-state index contributed by atoms with van der Waals surface area (Å²) in [6.07, 6.45) is 4.15. The first-order chi connectivity index (χ1) is 16.9. The predicted molar refractivity (Wildman–Crippen MR) is 149 cm³/mol. The second-order valence-electron chi connectivity index (χ2n) is 11.2. The fraction of sp³-hybridized carbons (Fsp3) is 0.483. The number of hydrogen-bond donors (Lipinski definition) is 1. The predicted octanol–water partition coefficient (Wildman–Crippen LogP) is 8.70. The van der Waals surface area contributed by atoms with Crippen molar-refractivity contribution in [3.8, 4) is 11.6 Å². The third kappa shape index (κ3) is 7.19. The molecule has 1 aromatic heterocycles. The highest BCUT2D eigenvalue weighted by molar-refractivity contribution is 9.10. The maximum absolute atomic E-state index is 12.4. The van der Waals surface area contributed by atoms with Crippen molar-refractivity contribution in [3.05, 3.63) is 52.5 Å². The van der Waals surface area contributed by atoms with Crippen LogP contribution in [0.15, 0.2) is 57.2 Å². The van der Waals surface area contributed by atoms with Gasteiger partial charge in [0.1, 0.15) is 5.75 Å². The number of rotatable bonds is 10. The minimum atomic E-state index is -0.520. The van der Waals surface area contributed by atoms with Gasteiger partial charge in [-0.05, 0) is 59.6 Å². The van der Waals surface area contributed by atoms with E-state index < -0.39 is 5.91 Å². The molecule has 0 radical (unpaired) electrons. The zero-order valence-electron chi connectivity index (χ0n) is 22.3. The number of nitrogens with zero attached hydrogens (tertiary/aromatic N) is 3. The Hall–Kier alpha value is -2.67. The van der Waals surface area contributed by atoms with Crippen molar-refractivity contribution < 1.29 is 14.6 Å². The van der Waals surface area contributed by atoms with Gasteiger partial charge in [0.2, 0.25) is 5.88 Å². The first kappa shape index (κ1) is 27.9. The number of azo groups is 1. The van der Waals surface area contributed by atoms with Crippen molar-refractivity contribution in [2.24, 2.45) is 15.6 Å². The largest absolute Gasteiger partial charge is 0.493 e. The highest BCUT2D eigenvalue weighted by atomic mass is 79.9. The Morgan fingerprint density at radius 1 is 1.06 bits per heavy atom. The first-order valence-corrected chi connectivity index (χ1v) is 13.4. The molecule has 1 amide bonds. The summed E-state index contributed by atoms with van der Waals surface area (Å²) >= 11 is 3.48. The zero-order chi connectivity index (χ0) is 26.5. The van der Waals surface area contributed by atoms with E-state index in [1.807, 2.05) is 34.9 Å². The van der Waals surface area contributed by atoms with E-state index in [0.717, 1.165) is 41.1 Å². The summed E-state index contributed by atoms with van der Waals surface area (Å²) < 4.78 is 8.34. The van der Waals surface area contributed by atoms with Crippen molar-refractivity contribution in [3.63, 3.8) is 0 Å². The summed E-state index contributed by atoms with van der Waals surface area (Å²) in [4.78, 5) is 12.4. The Morgan fingerprint density at radius 2 is 1.75 bits per heavy atom. The first-order valence-electron chi connectivity index (χ1n) is 12.6. The number of aromatic nitrogens is 1. The molecule has 1 N–H and O–H groups in total. The minimum Gasteiger partial charge on any atom is -0.493 e. The quantitative estimate of drug-likeness (QED) is 0.200. The molecular formula is C29H38BrN3O3. The lowest BCUT2D eigenvalue weighted by Crippen LogP contribution is -2.24. The molecule has 6 nitrogen and oxygen atoms in total. The summed E-state index contributed by atoms with van der Waals surface area (Å²) in [5.41, 5.74) is 2.64. The molecule has 194 valence electrons. The van der Waals surface area contributed by atoms with Crippen molar-refractivity contribution >= 4 is 38.4 Å². The number of benzene rings is 2. The Morgan fingerprint density at radius 3 is 2.39 bits per heavy atom. The van der Waals surface area contributed by atoms with Crippen LogP contribution in [-0.2, 0) is 16.8 Å². The van der Waals surface area contributed by atoms with Gasteiger partial charge >= 0.3 is 5.91 Å². The van der Waals surface area contributed by atoms with Gasteiger partial charge in [0.25, 0.3) is 0 Å². The van der Waals surface area contributed by atoms with Crippen LogP contribution in [0.5, 0.6) is 11.6 Å². The summed E-state index contributed by atoms with van der Waals surface area (Å²) in [5.74, 6) is 0.103. The molecule has 36 heavy (non-hydrogen) atoms. The molecule has 3 rings (SSSR count). The van der Waals surface area contributed by atoms with Gasteiger partial charge in [-0.1, -0.05) is 82.4 Å². The zero-order valence-corrected chi connectivity index (χ0v) is 23.9. The molecular weight excluding hydrogens is 518 g/mol. The molecule has 0 unspecified atom stereocenters. The van der Waals surface area contributed by atoms with E-state index in [1.165, 1.54) is 5.56 Å². The van der Waals surface area contributed by atoms with Crippen molar-refractivity contribution in [2.75, 3.05) is 6.61 Å². The number of carbonyl (C=O) groups excluding carboxylic acids is 1. The molecule has 0 spiro atoms. The van der Waals surface area contributed by atoms with E-state index in [4.69, 9.17) is 4.74 Å². The summed E-state index contributed by atoms with van der Waals surface area (Å²) in [6.45, 7) is 13.8. The topological polar surface area (TPSA) is 76.2 Å². The fourth-order valence-corrected chi connectivity index (χ4v) is 5.21. The summed E-state index contributed by atoms with van der Waals surface area (Å²) in [7, 11) is 0. The van der Waals surface area contributed by atoms with E-state index in [9.17, 15) is 9.90 Å². The third-order valence-electron chi connectivity index (χ3n) is 6.19. The number of amides is 1. The van der Waals surface area contributed by atoms with Crippen LogP contribution in [0.25, 0.3) is 10.9 Å². The average molecular weight is 557 g/mol. The maximum Gasteiger partial charge on any atom is 0.302 e. The monoisotopic (exact) mass is 555 g/mol. The van der Waals surface area contributed by atoms with Gasteiger partial charge in [-0.3, -0.25) is 4.79 Å². The average Bonchev–Trinajstić information content (AvgIpc) is 3.05. The van der Waals surface area contributed by atoms with Gasteiger partial charge in [-0.2, -0.15) is 0 Å². The number of aryl methyl sites for hydroxylation is 1. The second kappa shape index (κ2) is 11.6. The van der Waals surface area contributed by atoms with Crippen LogP contribution in [0.2, 0.25) is 0 Å². The van der Waals surface area contributed by atoms with Gasteiger partial charge in [0.05, 0.1) is 5.52 Å². The normalized spacial score (nSPS) is 12.5. The fourth-order valence-electron chi connectivity index (χ4n) is 4.85. The van der Waals surface area contributed by atoms with Gasteiger partial charge < -0.3 is 14.4 Å². The van der Waals surface area contributed by atoms with E-state index in [1.54, 1.807) is 0 Å². The third-order valence-corrected chi connectivity index (χ3v) is 6.68. The van der Waals surface area contributed by atoms with E-state index in [2.05, 4.69) is 79.8 Å². The number of aromatic hydroxyl groups is 1. The van der Waals surface area contributed by atoms with Crippen molar-refractivity contribution in [1.29, 1.82) is 0 Å². The highest BCUT2D eigenvalue weighted by Gasteiger charge is 2.27. The van der Waals surface area contributed by atoms with Crippen molar-refractivity contribution in [1.82, 2.24) is 4.57 Å². The van der Waals surface area contributed by atoms with E-state index in [-0.39, 0.29) is 23.3 Å². The van der Waals surface area contributed by atoms with Crippen molar-refractivity contribution in [2.45, 2.75) is 79.2 Å². The number of carbonyl (C=O) groups is 1. The standard InChI is InChI=1S/C29H38BrN3O3/c1-7-8-9-16-33-24-15-12-21(30)17-23(24)26(27(33)35)32-31-25(34)18-36-22-13-10-20(11-14-22)29(5,6)19-28(2,3)4/h10-15,17,35H,7-9,16,18-19H2,1-6H3. The van der Waals surface area contributed by atoms with Crippen LogP contribution < -0.4 is 4.74 Å². The molecule has 2 aromatic carbocycles. The smallest absolute Gasteiger partial charge is 0.302 e. The van der Waals surface area contributed by atoms with E-state index >= 15 is 0 Å². The SMILES string of the molecule is CCCCCn1c(O)c(N=NC(=O)COc2ccc(C(C)(C)CC(C)(C)C)cc2)c2cc(Br)ccc21. The van der Waals surface area contributed by atoms with Gasteiger partial charge in [0, 0.05) is 16.4 Å². The molecule has 0 saturated carbocycles. The van der Waals surface area contributed by atoms with Crippen LogP contribution in [0.4, 0.5) is 5.69 Å². The molecule has 0 atom stereocenters. The van der Waals surface area contributed by atoms with Gasteiger partial charge in [-0.25, -0.2) is 0 Å². The summed E-state index contributed by atoms with van der Waals surface area (Å²) in [6, 6.07) is 13.6. The van der Waals surface area contributed by atoms with Crippen LogP contribution in [0.3, 0.4) is 0 Å². The van der Waals surface area contributed by atoms with E-state index in [0.29, 0.717) is 18.0 Å². The highest BCUT2D eigenvalue weighted by Crippen LogP contribution is 2.40. The molecule has 0 aliphatic heterocycles.